The molecule has 1 unspecified atom stereocenters. The lowest BCUT2D eigenvalue weighted by Gasteiger charge is -2.26. The van der Waals surface area contributed by atoms with Crippen LogP contribution in [0, 0.1) is 5.92 Å². The molecule has 4 heteroatoms. The van der Waals surface area contributed by atoms with Gasteiger partial charge in [0.15, 0.2) is 0 Å². The van der Waals surface area contributed by atoms with Crippen LogP contribution in [0.3, 0.4) is 0 Å². The van der Waals surface area contributed by atoms with E-state index in [4.69, 9.17) is 10.5 Å². The number of ether oxygens (including phenoxy) is 1. The zero-order valence-corrected chi connectivity index (χ0v) is 11.8. The van der Waals surface area contributed by atoms with Crippen molar-refractivity contribution in [2.75, 3.05) is 12.8 Å². The molecule has 0 saturated heterocycles. The van der Waals surface area contributed by atoms with Gasteiger partial charge in [0.1, 0.15) is 5.75 Å². The van der Waals surface area contributed by atoms with Crippen LogP contribution >= 0.6 is 0 Å². The van der Waals surface area contributed by atoms with Crippen LogP contribution in [0.4, 0.5) is 5.69 Å². The highest BCUT2D eigenvalue weighted by Gasteiger charge is 2.25. The van der Waals surface area contributed by atoms with Crippen molar-refractivity contribution >= 4 is 16.5 Å². The first-order chi connectivity index (χ1) is 8.61. The molecule has 0 heterocycles. The Morgan fingerprint density at radius 1 is 1.28 bits per heavy atom. The van der Waals surface area contributed by atoms with E-state index < -0.39 is 10.8 Å². The van der Waals surface area contributed by atoms with Gasteiger partial charge in [0.05, 0.1) is 22.8 Å². The summed E-state index contributed by atoms with van der Waals surface area (Å²) in [6.07, 6.45) is 4.43. The van der Waals surface area contributed by atoms with Gasteiger partial charge >= 0.3 is 0 Å². The molecule has 1 aliphatic carbocycles. The Bertz CT molecular complexity index is 439. The Kier molecular flexibility index (Phi) is 4.27. The van der Waals surface area contributed by atoms with Crippen LogP contribution in [0.15, 0.2) is 23.1 Å². The second-order valence-electron chi connectivity index (χ2n) is 5.09. The molecular weight excluding hydrogens is 246 g/mol. The Morgan fingerprint density at radius 2 is 1.94 bits per heavy atom. The fourth-order valence-corrected chi connectivity index (χ4v) is 4.08. The molecular formula is C14H21NO2S. The van der Waals surface area contributed by atoms with Crippen molar-refractivity contribution in [3.8, 4) is 5.75 Å². The fraction of sp³-hybridized carbons (Fsp3) is 0.571. The van der Waals surface area contributed by atoms with E-state index in [9.17, 15) is 4.21 Å². The summed E-state index contributed by atoms with van der Waals surface area (Å²) in [5.41, 5.74) is 6.36. The van der Waals surface area contributed by atoms with Crippen molar-refractivity contribution < 1.29 is 8.95 Å². The average molecular weight is 267 g/mol. The highest BCUT2D eigenvalue weighted by Crippen LogP contribution is 2.33. The minimum Gasteiger partial charge on any atom is -0.495 e. The summed E-state index contributed by atoms with van der Waals surface area (Å²) in [5.74, 6) is 1.42. The summed E-state index contributed by atoms with van der Waals surface area (Å²) in [6, 6.07) is 5.38. The first-order valence-corrected chi connectivity index (χ1v) is 7.67. The van der Waals surface area contributed by atoms with E-state index >= 15 is 0 Å². The van der Waals surface area contributed by atoms with E-state index in [1.54, 1.807) is 19.2 Å². The number of rotatable bonds is 3. The minimum atomic E-state index is -0.985. The standard InChI is InChI=1S/C14H21NO2S/c1-10-3-6-12(7-4-10)18(16)14-8-5-11(15)9-13(14)17-2/h5,8-10,12H,3-4,6-7,15H2,1-2H3. The molecule has 1 aromatic carbocycles. The van der Waals surface area contributed by atoms with Gasteiger partial charge in [-0.1, -0.05) is 6.92 Å². The van der Waals surface area contributed by atoms with Gasteiger partial charge in [-0.2, -0.15) is 0 Å². The summed E-state index contributed by atoms with van der Waals surface area (Å²) in [6.45, 7) is 2.27. The number of methoxy groups -OCH3 is 1. The molecule has 0 spiro atoms. The molecule has 0 aliphatic heterocycles. The third kappa shape index (κ3) is 2.86. The smallest absolute Gasteiger partial charge is 0.137 e. The van der Waals surface area contributed by atoms with Crippen LogP contribution in [0.1, 0.15) is 32.6 Å². The van der Waals surface area contributed by atoms with E-state index in [-0.39, 0.29) is 5.25 Å². The number of anilines is 1. The topological polar surface area (TPSA) is 52.3 Å². The molecule has 1 saturated carbocycles. The monoisotopic (exact) mass is 267 g/mol. The molecule has 0 radical (unpaired) electrons. The molecule has 2 N–H and O–H groups in total. The Labute approximate surface area is 111 Å². The molecule has 3 nitrogen and oxygen atoms in total. The van der Waals surface area contributed by atoms with Crippen molar-refractivity contribution in [3.63, 3.8) is 0 Å². The normalized spacial score (nSPS) is 25.7. The number of hydrogen-bond acceptors (Lipinski definition) is 3. The van der Waals surface area contributed by atoms with Crippen LogP contribution in [0.25, 0.3) is 0 Å². The predicted octanol–water partition coefficient (Wildman–Crippen LogP) is 2.96. The predicted molar refractivity (Wildman–Crippen MR) is 75.2 cm³/mol. The van der Waals surface area contributed by atoms with Gasteiger partial charge in [0.25, 0.3) is 0 Å². The highest BCUT2D eigenvalue weighted by molar-refractivity contribution is 7.85. The lowest BCUT2D eigenvalue weighted by atomic mass is 9.91. The van der Waals surface area contributed by atoms with Crippen LogP contribution in [0.2, 0.25) is 0 Å². The molecule has 0 bridgehead atoms. The van der Waals surface area contributed by atoms with Crippen molar-refractivity contribution in [1.29, 1.82) is 0 Å². The van der Waals surface area contributed by atoms with E-state index in [0.29, 0.717) is 11.4 Å². The maximum absolute atomic E-state index is 12.6. The third-order valence-electron chi connectivity index (χ3n) is 3.67. The number of nitrogen functional groups attached to an aromatic ring is 1. The molecule has 0 aromatic heterocycles. The Hall–Kier alpha value is -1.03. The van der Waals surface area contributed by atoms with Crippen molar-refractivity contribution in [2.24, 2.45) is 5.92 Å². The summed E-state index contributed by atoms with van der Waals surface area (Å²) in [4.78, 5) is 0.784. The molecule has 1 aliphatic rings. The number of nitrogens with two attached hydrogens (primary N) is 1. The summed E-state index contributed by atoms with van der Waals surface area (Å²) in [5, 5.41) is 0.263. The second kappa shape index (κ2) is 5.74. The van der Waals surface area contributed by atoms with Gasteiger partial charge < -0.3 is 10.5 Å². The maximum Gasteiger partial charge on any atom is 0.137 e. The molecule has 1 fully saturated rings. The van der Waals surface area contributed by atoms with E-state index in [1.807, 2.05) is 6.07 Å². The fourth-order valence-electron chi connectivity index (χ4n) is 2.47. The minimum absolute atomic E-state index is 0.263. The molecule has 18 heavy (non-hydrogen) atoms. The van der Waals surface area contributed by atoms with Crippen LogP contribution in [-0.4, -0.2) is 16.6 Å². The molecule has 2 rings (SSSR count). The average Bonchev–Trinajstić information content (AvgIpc) is 2.38. The summed E-state index contributed by atoms with van der Waals surface area (Å²) >= 11 is 0. The van der Waals surface area contributed by atoms with E-state index in [0.717, 1.165) is 23.7 Å². The third-order valence-corrected chi connectivity index (χ3v) is 5.52. The lowest BCUT2D eigenvalue weighted by molar-refractivity contribution is 0.386. The Balaban J connectivity index is 2.18. The summed E-state index contributed by atoms with van der Waals surface area (Å²) < 4.78 is 17.9. The summed E-state index contributed by atoms with van der Waals surface area (Å²) in [7, 11) is 0.611. The molecule has 100 valence electrons. The SMILES string of the molecule is COc1cc(N)ccc1S(=O)C1CCC(C)CC1. The lowest BCUT2D eigenvalue weighted by Crippen LogP contribution is -2.22. The van der Waals surface area contributed by atoms with Crippen LogP contribution in [0.5, 0.6) is 5.75 Å². The molecule has 0 amide bonds. The van der Waals surface area contributed by atoms with Crippen molar-refractivity contribution in [1.82, 2.24) is 0 Å². The zero-order chi connectivity index (χ0) is 13.1. The van der Waals surface area contributed by atoms with Gasteiger partial charge in [0.2, 0.25) is 0 Å². The van der Waals surface area contributed by atoms with Gasteiger partial charge in [-0.05, 0) is 43.7 Å². The van der Waals surface area contributed by atoms with Crippen LogP contribution in [-0.2, 0) is 10.8 Å². The van der Waals surface area contributed by atoms with Crippen molar-refractivity contribution in [3.05, 3.63) is 18.2 Å². The largest absolute Gasteiger partial charge is 0.495 e. The molecule has 1 atom stereocenters. The van der Waals surface area contributed by atoms with Gasteiger partial charge in [-0.25, -0.2) is 0 Å². The second-order valence-corrected chi connectivity index (χ2v) is 6.79. The number of benzene rings is 1. The van der Waals surface area contributed by atoms with Crippen LogP contribution < -0.4 is 10.5 Å². The maximum atomic E-state index is 12.6. The zero-order valence-electron chi connectivity index (χ0n) is 11.0. The van der Waals surface area contributed by atoms with Gasteiger partial charge in [0, 0.05) is 17.0 Å². The van der Waals surface area contributed by atoms with E-state index in [1.165, 1.54) is 12.8 Å². The molecule has 1 aromatic rings. The first-order valence-electron chi connectivity index (χ1n) is 6.46. The van der Waals surface area contributed by atoms with Gasteiger partial charge in [-0.15, -0.1) is 0 Å². The van der Waals surface area contributed by atoms with Gasteiger partial charge in [-0.3, -0.25) is 4.21 Å². The highest BCUT2D eigenvalue weighted by atomic mass is 32.2. The van der Waals surface area contributed by atoms with E-state index in [2.05, 4.69) is 6.92 Å². The first kappa shape index (κ1) is 13.4. The quantitative estimate of drug-likeness (QED) is 0.857. The number of hydrogen-bond donors (Lipinski definition) is 1. The van der Waals surface area contributed by atoms with Crippen molar-refractivity contribution in [2.45, 2.75) is 42.8 Å². The Morgan fingerprint density at radius 3 is 2.56 bits per heavy atom.